The third-order valence-electron chi connectivity index (χ3n) is 3.79. The van der Waals surface area contributed by atoms with Crippen molar-refractivity contribution in [1.82, 2.24) is 4.90 Å². The number of hydrogen-bond acceptors (Lipinski definition) is 3. The predicted octanol–water partition coefficient (Wildman–Crippen LogP) is 3.60. The zero-order chi connectivity index (χ0) is 17.2. The van der Waals surface area contributed by atoms with Gasteiger partial charge in [0, 0.05) is 6.54 Å². The largest absolute Gasteiger partial charge is 0.481 e. The highest BCUT2D eigenvalue weighted by Crippen LogP contribution is 2.37. The van der Waals surface area contributed by atoms with Crippen LogP contribution in [0.3, 0.4) is 0 Å². The molecule has 1 N–H and O–H groups in total. The molecule has 0 saturated carbocycles. The van der Waals surface area contributed by atoms with Crippen LogP contribution in [-0.2, 0) is 9.53 Å². The van der Waals surface area contributed by atoms with Gasteiger partial charge in [0.05, 0.1) is 12.0 Å². The normalized spacial score (nSPS) is 21.8. The molecule has 1 aromatic carbocycles. The quantitative estimate of drug-likeness (QED) is 0.903. The number of amides is 1. The zero-order valence-corrected chi connectivity index (χ0v) is 13.6. The molecule has 6 heteroatoms. The Morgan fingerprint density at radius 2 is 1.87 bits per heavy atom. The number of carbonyl (C=O) groups excluding carboxylic acids is 1. The van der Waals surface area contributed by atoms with Crippen LogP contribution in [0, 0.1) is 11.7 Å². The van der Waals surface area contributed by atoms with Gasteiger partial charge in [0.25, 0.3) is 0 Å². The summed E-state index contributed by atoms with van der Waals surface area (Å²) in [6, 6.07) is 4.94. The molecular formula is C17H22FNO4. The molecule has 5 nitrogen and oxygen atoms in total. The fourth-order valence-electron chi connectivity index (χ4n) is 2.85. The van der Waals surface area contributed by atoms with E-state index in [1.165, 1.54) is 29.2 Å². The van der Waals surface area contributed by atoms with Gasteiger partial charge < -0.3 is 14.7 Å². The maximum absolute atomic E-state index is 13.2. The predicted molar refractivity (Wildman–Crippen MR) is 82.4 cm³/mol. The zero-order valence-electron chi connectivity index (χ0n) is 13.6. The van der Waals surface area contributed by atoms with Crippen molar-refractivity contribution >= 4 is 12.1 Å². The fourth-order valence-corrected chi connectivity index (χ4v) is 2.85. The van der Waals surface area contributed by atoms with Gasteiger partial charge in [-0.05, 0) is 51.3 Å². The number of ether oxygens (including phenoxy) is 1. The Kier molecular flexibility index (Phi) is 4.92. The Morgan fingerprint density at radius 3 is 2.39 bits per heavy atom. The maximum atomic E-state index is 13.2. The summed E-state index contributed by atoms with van der Waals surface area (Å²) in [4.78, 5) is 25.5. The lowest BCUT2D eigenvalue weighted by atomic mass is 9.85. The van der Waals surface area contributed by atoms with Crippen LogP contribution in [-0.4, -0.2) is 34.2 Å². The molecule has 1 aliphatic heterocycles. The Balaban J connectivity index is 2.35. The number of carboxylic acids is 1. The Labute approximate surface area is 135 Å². The molecule has 2 unspecified atom stereocenters. The minimum Gasteiger partial charge on any atom is -0.481 e. The summed E-state index contributed by atoms with van der Waals surface area (Å²) in [7, 11) is 0. The summed E-state index contributed by atoms with van der Waals surface area (Å²) >= 11 is 0. The average Bonchev–Trinajstić information content (AvgIpc) is 2.45. The Morgan fingerprint density at radius 1 is 1.26 bits per heavy atom. The van der Waals surface area contributed by atoms with Gasteiger partial charge in [-0.3, -0.25) is 4.79 Å². The van der Waals surface area contributed by atoms with Crippen molar-refractivity contribution in [2.75, 3.05) is 6.54 Å². The monoisotopic (exact) mass is 323 g/mol. The lowest BCUT2D eigenvalue weighted by molar-refractivity contribution is -0.145. The van der Waals surface area contributed by atoms with Gasteiger partial charge in [0.15, 0.2) is 0 Å². The lowest BCUT2D eigenvalue weighted by Gasteiger charge is -2.40. The van der Waals surface area contributed by atoms with Crippen molar-refractivity contribution in [3.8, 4) is 0 Å². The maximum Gasteiger partial charge on any atom is 0.410 e. The summed E-state index contributed by atoms with van der Waals surface area (Å²) < 4.78 is 18.6. The van der Waals surface area contributed by atoms with Crippen LogP contribution in [0.4, 0.5) is 9.18 Å². The summed E-state index contributed by atoms with van der Waals surface area (Å²) in [5.74, 6) is -2.10. The molecule has 1 aromatic rings. The molecule has 0 radical (unpaired) electrons. The van der Waals surface area contributed by atoms with Crippen LogP contribution in [0.1, 0.15) is 45.2 Å². The van der Waals surface area contributed by atoms with Gasteiger partial charge >= 0.3 is 12.1 Å². The van der Waals surface area contributed by atoms with Crippen LogP contribution in [0.25, 0.3) is 0 Å². The first-order valence-electron chi connectivity index (χ1n) is 7.67. The van der Waals surface area contributed by atoms with Crippen molar-refractivity contribution in [1.29, 1.82) is 0 Å². The molecule has 2 rings (SSSR count). The van der Waals surface area contributed by atoms with E-state index in [-0.39, 0.29) is 0 Å². The smallest absolute Gasteiger partial charge is 0.410 e. The number of halogens is 1. The van der Waals surface area contributed by atoms with Crippen LogP contribution in [0.15, 0.2) is 24.3 Å². The first-order chi connectivity index (χ1) is 10.7. The standard InChI is InChI=1S/C17H22FNO4/c1-17(2,3)23-16(22)19-10-4-5-13(15(20)21)14(19)11-6-8-12(18)9-7-11/h6-9,13-14H,4-5,10H2,1-3H3,(H,20,21). The number of piperidine rings is 1. The summed E-state index contributed by atoms with van der Waals surface area (Å²) in [5.41, 5.74) is -0.0648. The third kappa shape index (κ3) is 4.21. The fraction of sp³-hybridized carbons (Fsp3) is 0.529. The molecule has 0 spiro atoms. The van der Waals surface area contributed by atoms with Gasteiger partial charge in [-0.15, -0.1) is 0 Å². The molecule has 23 heavy (non-hydrogen) atoms. The summed E-state index contributed by atoms with van der Waals surface area (Å²) in [5, 5.41) is 9.50. The van der Waals surface area contributed by atoms with E-state index in [1.807, 2.05) is 0 Å². The molecule has 1 aliphatic rings. The van der Waals surface area contributed by atoms with E-state index in [9.17, 15) is 19.1 Å². The summed E-state index contributed by atoms with van der Waals surface area (Å²) in [6.07, 6.45) is 0.516. The second-order valence-electron chi connectivity index (χ2n) is 6.76. The van der Waals surface area contributed by atoms with Crippen molar-refractivity contribution in [2.24, 2.45) is 5.92 Å². The highest BCUT2D eigenvalue weighted by atomic mass is 19.1. The average molecular weight is 323 g/mol. The van der Waals surface area contributed by atoms with Crippen molar-refractivity contribution in [2.45, 2.75) is 45.3 Å². The van der Waals surface area contributed by atoms with Crippen molar-refractivity contribution in [3.63, 3.8) is 0 Å². The van der Waals surface area contributed by atoms with Crippen molar-refractivity contribution in [3.05, 3.63) is 35.6 Å². The van der Waals surface area contributed by atoms with E-state index in [0.29, 0.717) is 24.9 Å². The van der Waals surface area contributed by atoms with Gasteiger partial charge in [-0.2, -0.15) is 0 Å². The summed E-state index contributed by atoms with van der Waals surface area (Å²) in [6.45, 7) is 5.70. The topological polar surface area (TPSA) is 66.8 Å². The number of benzene rings is 1. The third-order valence-corrected chi connectivity index (χ3v) is 3.79. The highest BCUT2D eigenvalue weighted by molar-refractivity contribution is 5.75. The molecule has 1 fully saturated rings. The van der Waals surface area contributed by atoms with E-state index in [0.717, 1.165) is 0 Å². The number of nitrogens with zero attached hydrogens (tertiary/aromatic N) is 1. The van der Waals surface area contributed by atoms with Gasteiger partial charge in [-0.1, -0.05) is 12.1 Å². The lowest BCUT2D eigenvalue weighted by Crippen LogP contribution is -2.47. The molecule has 1 amide bonds. The van der Waals surface area contributed by atoms with E-state index < -0.39 is 35.4 Å². The first kappa shape index (κ1) is 17.2. The minimum absolute atomic E-state index is 0.403. The molecule has 126 valence electrons. The molecule has 0 aliphatic carbocycles. The van der Waals surface area contributed by atoms with E-state index >= 15 is 0 Å². The molecular weight excluding hydrogens is 301 g/mol. The van der Waals surface area contributed by atoms with Crippen LogP contribution in [0.5, 0.6) is 0 Å². The van der Waals surface area contributed by atoms with E-state index in [1.54, 1.807) is 20.8 Å². The molecule has 1 saturated heterocycles. The molecule has 1 heterocycles. The van der Waals surface area contributed by atoms with Gasteiger partial charge in [0.1, 0.15) is 11.4 Å². The molecule has 0 aromatic heterocycles. The molecule has 2 atom stereocenters. The Bertz CT molecular complexity index is 579. The minimum atomic E-state index is -0.965. The van der Waals surface area contributed by atoms with Crippen molar-refractivity contribution < 1.29 is 23.8 Å². The number of aliphatic carboxylic acids is 1. The van der Waals surface area contributed by atoms with E-state index in [2.05, 4.69) is 0 Å². The SMILES string of the molecule is CC(C)(C)OC(=O)N1CCCC(C(=O)O)C1c1ccc(F)cc1. The number of carboxylic acid groups (broad SMARTS) is 1. The van der Waals surface area contributed by atoms with Crippen LogP contribution in [0.2, 0.25) is 0 Å². The van der Waals surface area contributed by atoms with Crippen LogP contribution >= 0.6 is 0 Å². The number of hydrogen-bond donors (Lipinski definition) is 1. The highest BCUT2D eigenvalue weighted by Gasteiger charge is 2.40. The number of rotatable bonds is 2. The molecule has 0 bridgehead atoms. The second kappa shape index (κ2) is 6.56. The first-order valence-corrected chi connectivity index (χ1v) is 7.67. The Hall–Kier alpha value is -2.11. The number of carbonyl (C=O) groups is 2. The van der Waals surface area contributed by atoms with Gasteiger partial charge in [0.2, 0.25) is 0 Å². The van der Waals surface area contributed by atoms with Gasteiger partial charge in [-0.25, -0.2) is 9.18 Å². The number of likely N-dealkylation sites (tertiary alicyclic amines) is 1. The van der Waals surface area contributed by atoms with E-state index in [4.69, 9.17) is 4.74 Å². The van der Waals surface area contributed by atoms with Crippen LogP contribution < -0.4 is 0 Å². The second-order valence-corrected chi connectivity index (χ2v) is 6.76.